The van der Waals surface area contributed by atoms with Crippen LogP contribution in [-0.2, 0) is 0 Å². The van der Waals surface area contributed by atoms with E-state index >= 15 is 0 Å². The fraction of sp³-hybridized carbons (Fsp3) is 1.00. The molecule has 0 saturated heterocycles. The van der Waals surface area contributed by atoms with Crippen molar-refractivity contribution in [3.63, 3.8) is 0 Å². The third-order valence-electron chi connectivity index (χ3n) is 2.15. The Kier molecular flexibility index (Phi) is 1.04. The number of nitrogens with one attached hydrogen (secondary N) is 1. The van der Waals surface area contributed by atoms with Gasteiger partial charge < -0.3 is 5.32 Å². The summed E-state index contributed by atoms with van der Waals surface area (Å²) in [7, 11) is 0. The van der Waals surface area contributed by atoms with Crippen molar-refractivity contribution in [2.75, 3.05) is 0 Å². The van der Waals surface area contributed by atoms with Gasteiger partial charge in [-0.05, 0) is 25.7 Å². The van der Waals surface area contributed by atoms with Gasteiger partial charge in [-0.2, -0.15) is 0 Å². The molecule has 0 radical (unpaired) electrons. The van der Waals surface area contributed by atoms with Gasteiger partial charge in [0, 0.05) is 12.1 Å². The van der Waals surface area contributed by atoms with Crippen LogP contribution in [0.15, 0.2) is 0 Å². The zero-order valence-electron chi connectivity index (χ0n) is 5.19. The standard InChI is InChI=1S/C7H13N/c1-2-6(3-1)8-7-4-5-7/h6-8H,1-5H2. The molecule has 1 nitrogen and oxygen atoms in total. The predicted molar refractivity (Wildman–Crippen MR) is 33.8 cm³/mol. The van der Waals surface area contributed by atoms with Crippen molar-refractivity contribution in [1.82, 2.24) is 5.32 Å². The SMILES string of the molecule is C1CC(NC2CC2)C1. The summed E-state index contributed by atoms with van der Waals surface area (Å²) in [6.45, 7) is 0. The van der Waals surface area contributed by atoms with Crippen molar-refractivity contribution >= 4 is 0 Å². The van der Waals surface area contributed by atoms with Crippen LogP contribution < -0.4 is 5.32 Å². The molecule has 2 aliphatic rings. The lowest BCUT2D eigenvalue weighted by Crippen LogP contribution is -2.36. The maximum Gasteiger partial charge on any atom is 0.00708 e. The molecule has 0 aromatic rings. The summed E-state index contributed by atoms with van der Waals surface area (Å²) in [5, 5.41) is 3.59. The van der Waals surface area contributed by atoms with Gasteiger partial charge in [0.15, 0.2) is 0 Å². The molecular formula is C7H13N. The normalized spacial score (nSPS) is 30.0. The lowest BCUT2D eigenvalue weighted by atomic mass is 9.93. The molecule has 0 amide bonds. The van der Waals surface area contributed by atoms with Crippen molar-refractivity contribution in [3.05, 3.63) is 0 Å². The summed E-state index contributed by atoms with van der Waals surface area (Å²) in [6, 6.07) is 1.85. The van der Waals surface area contributed by atoms with Gasteiger partial charge in [0.2, 0.25) is 0 Å². The predicted octanol–water partition coefficient (Wildman–Crippen LogP) is 1.29. The topological polar surface area (TPSA) is 12.0 Å². The van der Waals surface area contributed by atoms with E-state index in [4.69, 9.17) is 0 Å². The van der Waals surface area contributed by atoms with Crippen molar-refractivity contribution in [3.8, 4) is 0 Å². The van der Waals surface area contributed by atoms with E-state index < -0.39 is 0 Å². The molecule has 0 aliphatic heterocycles. The minimum absolute atomic E-state index is 0.919. The minimum Gasteiger partial charge on any atom is -0.311 e. The Hall–Kier alpha value is -0.0400. The highest BCUT2D eigenvalue weighted by Crippen LogP contribution is 2.25. The first-order chi connectivity index (χ1) is 3.95. The zero-order valence-corrected chi connectivity index (χ0v) is 5.19. The lowest BCUT2D eigenvalue weighted by Gasteiger charge is -2.26. The van der Waals surface area contributed by atoms with Crippen LogP contribution in [0.4, 0.5) is 0 Å². The molecule has 2 aliphatic carbocycles. The van der Waals surface area contributed by atoms with E-state index in [0.29, 0.717) is 0 Å². The van der Waals surface area contributed by atoms with E-state index in [1.54, 1.807) is 0 Å². The summed E-state index contributed by atoms with van der Waals surface area (Å²) in [6.07, 6.45) is 7.23. The molecule has 2 saturated carbocycles. The van der Waals surface area contributed by atoms with Gasteiger partial charge in [0.1, 0.15) is 0 Å². The average molecular weight is 111 g/mol. The summed E-state index contributed by atoms with van der Waals surface area (Å²) >= 11 is 0. The first-order valence-corrected chi connectivity index (χ1v) is 3.71. The fourth-order valence-electron chi connectivity index (χ4n) is 1.16. The Bertz CT molecular complexity index is 82.4. The fourth-order valence-corrected chi connectivity index (χ4v) is 1.16. The van der Waals surface area contributed by atoms with Gasteiger partial charge in [-0.15, -0.1) is 0 Å². The zero-order chi connectivity index (χ0) is 5.40. The maximum atomic E-state index is 3.59. The Morgan fingerprint density at radius 1 is 0.875 bits per heavy atom. The van der Waals surface area contributed by atoms with Gasteiger partial charge in [-0.1, -0.05) is 6.42 Å². The van der Waals surface area contributed by atoms with Crippen LogP contribution in [0.3, 0.4) is 0 Å². The second-order valence-corrected chi connectivity index (χ2v) is 3.07. The van der Waals surface area contributed by atoms with E-state index in [-0.39, 0.29) is 0 Å². The van der Waals surface area contributed by atoms with Gasteiger partial charge in [0.05, 0.1) is 0 Å². The second kappa shape index (κ2) is 1.73. The summed E-state index contributed by atoms with van der Waals surface area (Å²) in [5.41, 5.74) is 0. The third kappa shape index (κ3) is 0.873. The Labute approximate surface area is 50.5 Å². The average Bonchev–Trinajstić information content (AvgIpc) is 2.36. The van der Waals surface area contributed by atoms with Crippen LogP contribution >= 0.6 is 0 Å². The summed E-state index contributed by atoms with van der Waals surface area (Å²) in [5.74, 6) is 0. The largest absolute Gasteiger partial charge is 0.311 e. The smallest absolute Gasteiger partial charge is 0.00708 e. The summed E-state index contributed by atoms with van der Waals surface area (Å²) in [4.78, 5) is 0. The molecule has 0 heterocycles. The van der Waals surface area contributed by atoms with Crippen molar-refractivity contribution < 1.29 is 0 Å². The van der Waals surface area contributed by atoms with E-state index in [1.807, 2.05) is 0 Å². The highest BCUT2D eigenvalue weighted by atomic mass is 15.0. The monoisotopic (exact) mass is 111 g/mol. The third-order valence-corrected chi connectivity index (χ3v) is 2.15. The molecule has 0 aromatic carbocycles. The van der Waals surface area contributed by atoms with Gasteiger partial charge in [0.25, 0.3) is 0 Å². The number of hydrogen-bond acceptors (Lipinski definition) is 1. The first-order valence-electron chi connectivity index (χ1n) is 3.71. The van der Waals surface area contributed by atoms with E-state index in [1.165, 1.54) is 32.1 Å². The quantitative estimate of drug-likeness (QED) is 0.566. The molecule has 2 fully saturated rings. The van der Waals surface area contributed by atoms with Crippen LogP contribution in [0.25, 0.3) is 0 Å². The van der Waals surface area contributed by atoms with Crippen molar-refractivity contribution in [1.29, 1.82) is 0 Å². The first kappa shape index (κ1) is 4.80. The maximum absolute atomic E-state index is 3.59. The Morgan fingerprint density at radius 3 is 1.88 bits per heavy atom. The van der Waals surface area contributed by atoms with Crippen LogP contribution in [0.5, 0.6) is 0 Å². The van der Waals surface area contributed by atoms with Gasteiger partial charge in [-0.3, -0.25) is 0 Å². The molecule has 8 heavy (non-hydrogen) atoms. The molecule has 1 N–H and O–H groups in total. The highest BCUT2D eigenvalue weighted by molar-refractivity contribution is 4.87. The van der Waals surface area contributed by atoms with Gasteiger partial charge >= 0.3 is 0 Å². The van der Waals surface area contributed by atoms with Crippen LogP contribution in [0.2, 0.25) is 0 Å². The molecular weight excluding hydrogens is 98.1 g/mol. The Morgan fingerprint density at radius 2 is 1.50 bits per heavy atom. The second-order valence-electron chi connectivity index (χ2n) is 3.07. The minimum atomic E-state index is 0.919. The van der Waals surface area contributed by atoms with Crippen molar-refractivity contribution in [2.24, 2.45) is 0 Å². The number of hydrogen-bond donors (Lipinski definition) is 1. The molecule has 46 valence electrons. The van der Waals surface area contributed by atoms with Crippen LogP contribution in [0, 0.1) is 0 Å². The van der Waals surface area contributed by atoms with Crippen LogP contribution in [0.1, 0.15) is 32.1 Å². The molecule has 0 atom stereocenters. The van der Waals surface area contributed by atoms with E-state index in [9.17, 15) is 0 Å². The molecule has 2 rings (SSSR count). The molecule has 1 heteroatoms. The molecule has 0 spiro atoms. The summed E-state index contributed by atoms with van der Waals surface area (Å²) < 4.78 is 0. The van der Waals surface area contributed by atoms with E-state index in [0.717, 1.165) is 12.1 Å². The Balaban J connectivity index is 1.66. The molecule has 0 unspecified atom stereocenters. The highest BCUT2D eigenvalue weighted by Gasteiger charge is 2.26. The van der Waals surface area contributed by atoms with Gasteiger partial charge in [-0.25, -0.2) is 0 Å². The van der Waals surface area contributed by atoms with E-state index in [2.05, 4.69) is 5.32 Å². The molecule has 0 bridgehead atoms. The molecule has 0 aromatic heterocycles. The van der Waals surface area contributed by atoms with Crippen molar-refractivity contribution in [2.45, 2.75) is 44.2 Å². The number of rotatable bonds is 2. The lowest BCUT2D eigenvalue weighted by molar-refractivity contribution is 0.337. The van der Waals surface area contributed by atoms with Crippen LogP contribution in [-0.4, -0.2) is 12.1 Å².